The van der Waals surface area contributed by atoms with Gasteiger partial charge >= 0.3 is 0 Å². The Bertz CT molecular complexity index is 848. The third-order valence-electron chi connectivity index (χ3n) is 9.08. The quantitative estimate of drug-likeness (QED) is 0.0906. The van der Waals surface area contributed by atoms with Gasteiger partial charge in [0.1, 0.15) is 36.6 Å². The molecule has 15 atom stereocenters. The lowest BCUT2D eigenvalue weighted by Crippen LogP contribution is -2.69. The van der Waals surface area contributed by atoms with Crippen LogP contribution in [0.3, 0.4) is 0 Å². The van der Waals surface area contributed by atoms with E-state index in [0.717, 1.165) is 19.4 Å². The number of nitrogens with two attached hydrogens (primary N) is 5. The zero-order valence-electron chi connectivity index (χ0n) is 24.4. The zero-order valence-corrected chi connectivity index (χ0v) is 24.4. The van der Waals surface area contributed by atoms with E-state index in [2.05, 4.69) is 10.6 Å². The maximum absolute atomic E-state index is 11.5. The van der Waals surface area contributed by atoms with Gasteiger partial charge in [0, 0.05) is 37.8 Å². The van der Waals surface area contributed by atoms with Crippen LogP contribution in [0.1, 0.15) is 25.7 Å². The zero-order chi connectivity index (χ0) is 31.4. The largest absolute Gasteiger partial charge is 0.394 e. The molecule has 4 rings (SSSR count). The topological polar surface area (TPSA) is 312 Å². The van der Waals surface area contributed by atoms with Gasteiger partial charge in [-0.25, -0.2) is 0 Å². The molecule has 43 heavy (non-hydrogen) atoms. The van der Waals surface area contributed by atoms with E-state index in [4.69, 9.17) is 47.6 Å². The Balaban J connectivity index is 1.43. The minimum atomic E-state index is -1.49. The Labute approximate surface area is 251 Å². The van der Waals surface area contributed by atoms with Gasteiger partial charge in [0.05, 0.1) is 37.0 Å². The first-order chi connectivity index (χ1) is 20.4. The molecule has 18 N–H and O–H groups in total. The standard InChI is InChI=1S/C26H53N7O10/c27-5-12(35)7-33-15-3-13(29)23(22(39)24(15)43-26-21(38)19(31)20(37)18(9-34)41-26)42-25-14(30)4-16(36)17(40-25)8-32-6-10-1-11(28)2-10/h10-26,32-39H,1-9,27-31H2/t10?,11?,12?,13-,14+,15+,16-,17+,18+,19-,20+,21+,22-,23?,24-,25+,26+/m0/s1. The van der Waals surface area contributed by atoms with Gasteiger partial charge in [0.15, 0.2) is 12.6 Å². The first-order valence-corrected chi connectivity index (χ1v) is 15.2. The highest BCUT2D eigenvalue weighted by atomic mass is 16.7. The van der Waals surface area contributed by atoms with E-state index in [-0.39, 0.29) is 32.0 Å². The molecular weight excluding hydrogens is 570 g/mol. The van der Waals surface area contributed by atoms with Gasteiger partial charge in [0.25, 0.3) is 0 Å². The molecule has 0 bridgehead atoms. The molecule has 0 radical (unpaired) electrons. The van der Waals surface area contributed by atoms with E-state index in [9.17, 15) is 30.6 Å². The second kappa shape index (κ2) is 15.7. The summed E-state index contributed by atoms with van der Waals surface area (Å²) in [5.41, 5.74) is 30.1. The Hall–Kier alpha value is -0.680. The molecule has 2 saturated heterocycles. The number of rotatable bonds is 13. The fraction of sp³-hybridized carbons (Fsp3) is 1.00. The lowest BCUT2D eigenvalue weighted by molar-refractivity contribution is -0.316. The number of hydrogen-bond donors (Lipinski definition) is 13. The molecule has 0 aromatic heterocycles. The Kier molecular flexibility index (Phi) is 12.9. The van der Waals surface area contributed by atoms with Crippen LogP contribution in [0, 0.1) is 5.92 Å². The van der Waals surface area contributed by atoms with E-state index >= 15 is 0 Å². The summed E-state index contributed by atoms with van der Waals surface area (Å²) in [6.07, 6.45) is -9.96. The second-order valence-corrected chi connectivity index (χ2v) is 12.5. The third-order valence-corrected chi connectivity index (χ3v) is 9.08. The van der Waals surface area contributed by atoms with Crippen LogP contribution < -0.4 is 39.3 Å². The van der Waals surface area contributed by atoms with Crippen molar-refractivity contribution in [2.24, 2.45) is 34.6 Å². The molecule has 4 aliphatic rings. The summed E-state index contributed by atoms with van der Waals surface area (Å²) in [5, 5.41) is 69.1. The van der Waals surface area contributed by atoms with Crippen LogP contribution in [-0.4, -0.2) is 161 Å². The van der Waals surface area contributed by atoms with Crippen molar-refractivity contribution in [3.63, 3.8) is 0 Å². The Morgan fingerprint density at radius 1 is 0.791 bits per heavy atom. The van der Waals surface area contributed by atoms with Gasteiger partial charge in [-0.15, -0.1) is 0 Å². The predicted molar refractivity (Wildman–Crippen MR) is 152 cm³/mol. The minimum absolute atomic E-state index is 0.00602. The van der Waals surface area contributed by atoms with Crippen molar-refractivity contribution in [1.82, 2.24) is 10.6 Å². The van der Waals surface area contributed by atoms with E-state index in [1.165, 1.54) is 0 Å². The summed E-state index contributed by atoms with van der Waals surface area (Å²) in [7, 11) is 0. The van der Waals surface area contributed by atoms with Crippen LogP contribution in [0.5, 0.6) is 0 Å². The first-order valence-electron chi connectivity index (χ1n) is 15.2. The molecule has 0 amide bonds. The van der Waals surface area contributed by atoms with Gasteiger partial charge < -0.3 is 88.9 Å². The number of aliphatic hydroxyl groups excluding tert-OH is 6. The van der Waals surface area contributed by atoms with E-state index in [1.807, 2.05) is 0 Å². The fourth-order valence-corrected chi connectivity index (χ4v) is 6.31. The Morgan fingerprint density at radius 3 is 2.12 bits per heavy atom. The highest BCUT2D eigenvalue weighted by molar-refractivity contribution is 5.02. The fourth-order valence-electron chi connectivity index (χ4n) is 6.31. The normalized spacial score (nSPS) is 48.1. The van der Waals surface area contributed by atoms with Crippen molar-refractivity contribution in [2.45, 2.75) is 123 Å². The van der Waals surface area contributed by atoms with E-state index in [1.54, 1.807) is 0 Å². The van der Waals surface area contributed by atoms with Crippen LogP contribution in [0.2, 0.25) is 0 Å². The first kappa shape index (κ1) is 35.2. The molecule has 2 saturated carbocycles. The molecule has 4 fully saturated rings. The van der Waals surface area contributed by atoms with E-state index < -0.39 is 98.3 Å². The molecule has 0 spiro atoms. The summed E-state index contributed by atoms with van der Waals surface area (Å²) in [5.74, 6) is 0.488. The molecule has 0 aromatic rings. The van der Waals surface area contributed by atoms with Crippen LogP contribution in [0.4, 0.5) is 0 Å². The monoisotopic (exact) mass is 623 g/mol. The van der Waals surface area contributed by atoms with Gasteiger partial charge in [-0.05, 0) is 38.1 Å². The summed E-state index contributed by atoms with van der Waals surface area (Å²) < 4.78 is 23.9. The molecule has 2 aliphatic carbocycles. The lowest BCUT2D eigenvalue weighted by atomic mass is 9.81. The number of hydrogen-bond acceptors (Lipinski definition) is 17. The van der Waals surface area contributed by atoms with Gasteiger partial charge in [-0.3, -0.25) is 0 Å². The number of aliphatic hydroxyl groups is 6. The maximum atomic E-state index is 11.5. The molecule has 0 aromatic carbocycles. The van der Waals surface area contributed by atoms with Crippen molar-refractivity contribution in [1.29, 1.82) is 0 Å². The lowest BCUT2D eigenvalue weighted by Gasteiger charge is -2.48. The minimum Gasteiger partial charge on any atom is -0.394 e. The highest BCUT2D eigenvalue weighted by Crippen LogP contribution is 2.32. The molecule has 252 valence electrons. The molecular formula is C26H53N7O10. The SMILES string of the molecule is NCC(O)CN[C@@H]1C[C@H](N)C(O[C@H]2O[C@H](CNCC3CC(N)C3)[C@@H](O)C[C@H]2N)[C@H](O)[C@H]1O[C@H]1O[C@H](CO)[C@@H](O)[C@H](N)[C@H]1O. The van der Waals surface area contributed by atoms with Crippen molar-refractivity contribution in [3.05, 3.63) is 0 Å². The maximum Gasteiger partial charge on any atom is 0.186 e. The molecule has 17 nitrogen and oxygen atoms in total. The molecule has 2 unspecified atom stereocenters. The number of nitrogens with one attached hydrogen (secondary N) is 2. The summed E-state index contributed by atoms with van der Waals surface area (Å²) >= 11 is 0. The highest BCUT2D eigenvalue weighted by Gasteiger charge is 2.51. The molecule has 17 heteroatoms. The predicted octanol–water partition coefficient (Wildman–Crippen LogP) is -6.98. The summed E-state index contributed by atoms with van der Waals surface area (Å²) in [4.78, 5) is 0. The van der Waals surface area contributed by atoms with Crippen LogP contribution in [0.25, 0.3) is 0 Å². The van der Waals surface area contributed by atoms with Gasteiger partial charge in [-0.2, -0.15) is 0 Å². The summed E-state index contributed by atoms with van der Waals surface area (Å²) in [6, 6.07) is -3.06. The average Bonchev–Trinajstić information content (AvgIpc) is 2.96. The van der Waals surface area contributed by atoms with Gasteiger partial charge in [-0.1, -0.05) is 0 Å². The van der Waals surface area contributed by atoms with Crippen LogP contribution >= 0.6 is 0 Å². The van der Waals surface area contributed by atoms with Crippen molar-refractivity contribution < 1.29 is 49.6 Å². The van der Waals surface area contributed by atoms with Crippen LogP contribution in [-0.2, 0) is 18.9 Å². The van der Waals surface area contributed by atoms with Gasteiger partial charge in [0.2, 0.25) is 0 Å². The summed E-state index contributed by atoms with van der Waals surface area (Å²) in [6.45, 7) is 0.600. The van der Waals surface area contributed by atoms with Crippen molar-refractivity contribution >= 4 is 0 Å². The number of ether oxygens (including phenoxy) is 4. The van der Waals surface area contributed by atoms with Crippen molar-refractivity contribution in [3.8, 4) is 0 Å². The molecule has 2 heterocycles. The Morgan fingerprint density at radius 2 is 1.47 bits per heavy atom. The van der Waals surface area contributed by atoms with Crippen LogP contribution in [0.15, 0.2) is 0 Å². The smallest absolute Gasteiger partial charge is 0.186 e. The molecule has 2 aliphatic heterocycles. The van der Waals surface area contributed by atoms with E-state index in [0.29, 0.717) is 12.5 Å². The third kappa shape index (κ3) is 8.57. The second-order valence-electron chi connectivity index (χ2n) is 12.5. The van der Waals surface area contributed by atoms with Crippen molar-refractivity contribution in [2.75, 3.05) is 32.8 Å². The average molecular weight is 624 g/mol.